The Kier molecular flexibility index (Phi) is 5.86. The fraction of sp³-hybridized carbons (Fsp3) is 0.625. The van der Waals surface area contributed by atoms with Crippen molar-refractivity contribution in [2.24, 2.45) is 5.73 Å². The summed E-state index contributed by atoms with van der Waals surface area (Å²) in [7, 11) is 0. The lowest BCUT2D eigenvalue weighted by Gasteiger charge is -2.35. The Bertz CT molecular complexity index is 369. The molecule has 2 unspecified atom stereocenters. The van der Waals surface area contributed by atoms with Crippen molar-refractivity contribution in [1.82, 2.24) is 4.90 Å². The van der Waals surface area contributed by atoms with Gasteiger partial charge < -0.3 is 5.73 Å². The van der Waals surface area contributed by atoms with Crippen LogP contribution in [-0.2, 0) is 0 Å². The lowest BCUT2D eigenvalue weighted by Crippen LogP contribution is -2.41. The van der Waals surface area contributed by atoms with Gasteiger partial charge in [-0.05, 0) is 50.0 Å². The number of hydrogen-bond donors (Lipinski definition) is 1. The van der Waals surface area contributed by atoms with Crippen LogP contribution in [0.4, 0.5) is 0 Å². The van der Waals surface area contributed by atoms with Crippen molar-refractivity contribution in [2.45, 2.75) is 51.1 Å². The third kappa shape index (κ3) is 4.04. The third-order valence-corrected chi connectivity index (χ3v) is 4.65. The smallest absolute Gasteiger partial charge is 0.0499 e. The van der Waals surface area contributed by atoms with Crippen LogP contribution in [0.2, 0.25) is 0 Å². The van der Waals surface area contributed by atoms with Crippen molar-refractivity contribution in [3.05, 3.63) is 34.3 Å². The molecule has 2 N–H and O–H groups in total. The molecule has 2 atom stereocenters. The molecule has 106 valence electrons. The summed E-state index contributed by atoms with van der Waals surface area (Å²) in [5.41, 5.74) is 7.78. The number of rotatable bonds is 4. The van der Waals surface area contributed by atoms with Crippen LogP contribution < -0.4 is 5.73 Å². The van der Waals surface area contributed by atoms with Gasteiger partial charge in [-0.15, -0.1) is 0 Å². The second-order valence-electron chi connectivity index (χ2n) is 5.52. The first-order valence-electron chi connectivity index (χ1n) is 7.47. The highest BCUT2D eigenvalue weighted by molar-refractivity contribution is 9.10. The monoisotopic (exact) mass is 324 g/mol. The molecule has 0 saturated carbocycles. The first-order valence-corrected chi connectivity index (χ1v) is 8.26. The third-order valence-electron chi connectivity index (χ3n) is 4.12. The van der Waals surface area contributed by atoms with E-state index in [1.165, 1.54) is 44.3 Å². The quantitative estimate of drug-likeness (QED) is 0.903. The van der Waals surface area contributed by atoms with Crippen molar-refractivity contribution < 1.29 is 0 Å². The van der Waals surface area contributed by atoms with Crippen LogP contribution in [-0.4, -0.2) is 24.0 Å². The molecule has 1 saturated heterocycles. The Morgan fingerprint density at radius 1 is 1.11 bits per heavy atom. The Hall–Kier alpha value is -0.380. The molecule has 3 heteroatoms. The Labute approximate surface area is 125 Å². The molecule has 1 aromatic carbocycles. The number of halogens is 1. The minimum Gasteiger partial charge on any atom is -0.326 e. The summed E-state index contributed by atoms with van der Waals surface area (Å²) in [5, 5.41) is 0. The van der Waals surface area contributed by atoms with E-state index in [4.69, 9.17) is 5.73 Å². The van der Waals surface area contributed by atoms with Gasteiger partial charge in [-0.1, -0.05) is 47.8 Å². The number of likely N-dealkylation sites (tertiary alicyclic amines) is 1. The van der Waals surface area contributed by atoms with E-state index >= 15 is 0 Å². The molecule has 0 amide bonds. The summed E-state index contributed by atoms with van der Waals surface area (Å²) in [6.45, 7) is 4.57. The van der Waals surface area contributed by atoms with E-state index in [1.807, 2.05) is 0 Å². The maximum atomic E-state index is 6.42. The molecule has 0 aromatic heterocycles. The van der Waals surface area contributed by atoms with Crippen LogP contribution >= 0.6 is 15.9 Å². The van der Waals surface area contributed by atoms with E-state index in [1.54, 1.807) is 0 Å². The Balaban J connectivity index is 2.21. The fourth-order valence-corrected chi connectivity index (χ4v) is 3.25. The van der Waals surface area contributed by atoms with Crippen LogP contribution in [0.15, 0.2) is 28.7 Å². The van der Waals surface area contributed by atoms with Gasteiger partial charge in [-0.3, -0.25) is 4.90 Å². The van der Waals surface area contributed by atoms with E-state index in [0.29, 0.717) is 6.04 Å². The Morgan fingerprint density at radius 2 is 1.68 bits per heavy atom. The van der Waals surface area contributed by atoms with Crippen LogP contribution in [0.25, 0.3) is 0 Å². The average molecular weight is 325 g/mol. The topological polar surface area (TPSA) is 29.3 Å². The average Bonchev–Trinajstić information content (AvgIpc) is 2.70. The minimum atomic E-state index is 0.222. The molecule has 1 aromatic rings. The molecule has 2 nitrogen and oxygen atoms in total. The zero-order chi connectivity index (χ0) is 13.7. The number of hydrogen-bond acceptors (Lipinski definition) is 2. The largest absolute Gasteiger partial charge is 0.326 e. The van der Waals surface area contributed by atoms with E-state index < -0.39 is 0 Å². The summed E-state index contributed by atoms with van der Waals surface area (Å²) in [6, 6.07) is 9.28. The first kappa shape index (κ1) is 15.0. The molecule has 1 fully saturated rings. The van der Waals surface area contributed by atoms with Crippen molar-refractivity contribution in [1.29, 1.82) is 0 Å². The maximum Gasteiger partial charge on any atom is 0.0499 e. The van der Waals surface area contributed by atoms with Gasteiger partial charge >= 0.3 is 0 Å². The van der Waals surface area contributed by atoms with Crippen molar-refractivity contribution in [3.8, 4) is 0 Å². The lowest BCUT2D eigenvalue weighted by molar-refractivity contribution is 0.175. The van der Waals surface area contributed by atoms with Gasteiger partial charge in [0.1, 0.15) is 0 Å². The molecule has 1 heterocycles. The Morgan fingerprint density at radius 3 is 2.21 bits per heavy atom. The van der Waals surface area contributed by atoms with E-state index in [0.717, 1.165) is 10.9 Å². The van der Waals surface area contributed by atoms with Crippen LogP contribution in [0.5, 0.6) is 0 Å². The van der Waals surface area contributed by atoms with E-state index in [9.17, 15) is 0 Å². The lowest BCUT2D eigenvalue weighted by atomic mass is 9.96. The van der Waals surface area contributed by atoms with Gasteiger partial charge in [0.15, 0.2) is 0 Å². The van der Waals surface area contributed by atoms with Gasteiger partial charge in [0.25, 0.3) is 0 Å². The van der Waals surface area contributed by atoms with Crippen LogP contribution in [0.3, 0.4) is 0 Å². The number of benzene rings is 1. The molecule has 19 heavy (non-hydrogen) atoms. The fourth-order valence-electron chi connectivity index (χ4n) is 2.99. The first-order chi connectivity index (χ1) is 9.22. The van der Waals surface area contributed by atoms with E-state index in [-0.39, 0.29) is 6.04 Å². The summed E-state index contributed by atoms with van der Waals surface area (Å²) in [5.74, 6) is 0. The van der Waals surface area contributed by atoms with Crippen molar-refractivity contribution in [3.63, 3.8) is 0 Å². The molecule has 1 aliphatic rings. The van der Waals surface area contributed by atoms with E-state index in [2.05, 4.69) is 52.0 Å². The number of nitrogens with zero attached hydrogens (tertiary/aromatic N) is 1. The molecular weight excluding hydrogens is 300 g/mol. The van der Waals surface area contributed by atoms with Gasteiger partial charge in [-0.2, -0.15) is 0 Å². The second kappa shape index (κ2) is 7.41. The van der Waals surface area contributed by atoms with Gasteiger partial charge in [0, 0.05) is 16.6 Å². The molecular formula is C16H25BrN2. The predicted octanol–water partition coefficient (Wildman–Crippen LogP) is 4.10. The van der Waals surface area contributed by atoms with Gasteiger partial charge in [0.2, 0.25) is 0 Å². The summed E-state index contributed by atoms with van der Waals surface area (Å²) < 4.78 is 1.14. The highest BCUT2D eigenvalue weighted by atomic mass is 79.9. The zero-order valence-corrected chi connectivity index (χ0v) is 13.4. The molecule has 0 aliphatic carbocycles. The molecule has 0 bridgehead atoms. The summed E-state index contributed by atoms with van der Waals surface area (Å²) in [6.07, 6.45) is 6.37. The zero-order valence-electron chi connectivity index (χ0n) is 11.8. The molecule has 1 aliphatic heterocycles. The van der Waals surface area contributed by atoms with Crippen LogP contribution in [0, 0.1) is 0 Å². The van der Waals surface area contributed by atoms with Crippen LogP contribution in [0.1, 0.15) is 50.6 Å². The van der Waals surface area contributed by atoms with Crippen molar-refractivity contribution in [2.75, 3.05) is 13.1 Å². The van der Waals surface area contributed by atoms with Gasteiger partial charge in [0.05, 0.1) is 0 Å². The normalized spacial score (nSPS) is 20.8. The number of nitrogens with two attached hydrogens (primary N) is 1. The van der Waals surface area contributed by atoms with Gasteiger partial charge in [-0.25, -0.2) is 0 Å². The SMILES string of the molecule is CCC(N)C(c1ccc(Br)cc1)N1CCCCCC1. The molecule has 0 spiro atoms. The highest BCUT2D eigenvalue weighted by Crippen LogP contribution is 2.28. The second-order valence-corrected chi connectivity index (χ2v) is 6.43. The maximum absolute atomic E-state index is 6.42. The molecule has 2 rings (SSSR count). The highest BCUT2D eigenvalue weighted by Gasteiger charge is 2.26. The standard InChI is InChI=1S/C16H25BrN2/c1-2-15(18)16(13-7-9-14(17)10-8-13)19-11-5-3-4-6-12-19/h7-10,15-16H,2-6,11-12,18H2,1H3. The summed E-state index contributed by atoms with van der Waals surface area (Å²) in [4.78, 5) is 2.60. The van der Waals surface area contributed by atoms with Crippen molar-refractivity contribution >= 4 is 15.9 Å². The minimum absolute atomic E-state index is 0.222. The molecule has 0 radical (unpaired) electrons. The predicted molar refractivity (Wildman–Crippen MR) is 85.2 cm³/mol. The summed E-state index contributed by atoms with van der Waals surface area (Å²) >= 11 is 3.51.